The predicted octanol–water partition coefficient (Wildman–Crippen LogP) is -0.197. The second-order valence-electron chi connectivity index (χ2n) is 3.99. The molecule has 11 heavy (non-hydrogen) atoms. The van der Waals surface area contributed by atoms with Crippen molar-refractivity contribution in [3.05, 3.63) is 0 Å². The quantitative estimate of drug-likeness (QED) is 0.602. The van der Waals surface area contributed by atoms with Crippen LogP contribution in [0.2, 0.25) is 0 Å². The fraction of sp³-hybridized carbons (Fsp3) is 1.00. The van der Waals surface area contributed by atoms with Crippen LogP contribution in [0, 0.1) is 11.3 Å². The molecule has 0 radical (unpaired) electrons. The number of hydrogen-bond acceptors (Lipinski definition) is 3. The summed E-state index contributed by atoms with van der Waals surface area (Å²) >= 11 is 0. The van der Waals surface area contributed by atoms with Crippen LogP contribution in [-0.2, 0) is 9.84 Å². The van der Waals surface area contributed by atoms with Gasteiger partial charge in [0.1, 0.15) is 0 Å². The molecule has 1 aliphatic carbocycles. The minimum absolute atomic E-state index is 0.103. The van der Waals surface area contributed by atoms with Crippen LogP contribution in [0.3, 0.4) is 0 Å². The molecule has 0 unspecified atom stereocenters. The van der Waals surface area contributed by atoms with Gasteiger partial charge in [0.15, 0.2) is 9.84 Å². The van der Waals surface area contributed by atoms with Crippen molar-refractivity contribution in [1.82, 2.24) is 0 Å². The number of sulfone groups is 1. The van der Waals surface area contributed by atoms with Crippen LogP contribution in [0.4, 0.5) is 0 Å². The van der Waals surface area contributed by atoms with Crippen molar-refractivity contribution in [3.63, 3.8) is 0 Å². The summed E-state index contributed by atoms with van der Waals surface area (Å²) in [5.74, 6) is 1.12. The predicted molar refractivity (Wildman–Crippen MR) is 40.9 cm³/mol. The molecule has 2 rings (SSSR count). The highest BCUT2D eigenvalue weighted by Crippen LogP contribution is 2.52. The largest absolute Gasteiger partial charge is 0.396 e. The molecular formula is C7H12O3S. The number of hydrogen-bond donors (Lipinski definition) is 1. The Morgan fingerprint density at radius 2 is 1.91 bits per heavy atom. The van der Waals surface area contributed by atoms with Crippen molar-refractivity contribution in [2.45, 2.75) is 12.8 Å². The number of aliphatic hydroxyl groups is 1. The Morgan fingerprint density at radius 3 is 2.27 bits per heavy atom. The molecule has 1 saturated carbocycles. The normalized spacial score (nSPS) is 32.8. The van der Waals surface area contributed by atoms with Gasteiger partial charge < -0.3 is 5.11 Å². The van der Waals surface area contributed by atoms with Gasteiger partial charge in [-0.15, -0.1) is 0 Å². The van der Waals surface area contributed by atoms with E-state index in [0.717, 1.165) is 12.8 Å². The SMILES string of the molecule is O=S1(=O)CC2(CC(CO)C2)C1. The van der Waals surface area contributed by atoms with Crippen LogP contribution in [0.25, 0.3) is 0 Å². The Bertz CT molecular complexity index is 247. The van der Waals surface area contributed by atoms with E-state index in [0.29, 0.717) is 17.4 Å². The summed E-state index contributed by atoms with van der Waals surface area (Å²) in [5.41, 5.74) is 0.103. The van der Waals surface area contributed by atoms with Gasteiger partial charge in [-0.2, -0.15) is 0 Å². The second kappa shape index (κ2) is 1.98. The van der Waals surface area contributed by atoms with E-state index in [4.69, 9.17) is 5.11 Å². The molecule has 1 spiro atoms. The molecule has 64 valence electrons. The topological polar surface area (TPSA) is 54.4 Å². The monoisotopic (exact) mass is 176 g/mol. The Balaban J connectivity index is 1.93. The summed E-state index contributed by atoms with van der Waals surface area (Å²) in [6.45, 7) is 0.224. The van der Waals surface area contributed by atoms with Gasteiger partial charge in [-0.1, -0.05) is 0 Å². The van der Waals surface area contributed by atoms with Crippen LogP contribution in [-0.4, -0.2) is 31.6 Å². The minimum atomic E-state index is -2.66. The van der Waals surface area contributed by atoms with Gasteiger partial charge in [0.25, 0.3) is 0 Å². The lowest BCUT2D eigenvalue weighted by molar-refractivity contribution is 0.0402. The van der Waals surface area contributed by atoms with Crippen LogP contribution in [0.15, 0.2) is 0 Å². The van der Waals surface area contributed by atoms with Gasteiger partial charge in [0.05, 0.1) is 11.5 Å². The smallest absolute Gasteiger partial charge is 0.151 e. The first kappa shape index (κ1) is 7.55. The van der Waals surface area contributed by atoms with Crippen molar-refractivity contribution in [2.24, 2.45) is 11.3 Å². The zero-order valence-electron chi connectivity index (χ0n) is 6.28. The summed E-state index contributed by atoms with van der Waals surface area (Å²) in [7, 11) is -2.66. The van der Waals surface area contributed by atoms with Crippen molar-refractivity contribution >= 4 is 9.84 Å². The van der Waals surface area contributed by atoms with E-state index in [1.54, 1.807) is 0 Å². The van der Waals surface area contributed by atoms with Gasteiger partial charge in [-0.3, -0.25) is 0 Å². The van der Waals surface area contributed by atoms with E-state index in [9.17, 15) is 8.42 Å². The summed E-state index contributed by atoms with van der Waals surface area (Å²) in [4.78, 5) is 0. The Kier molecular flexibility index (Phi) is 1.36. The second-order valence-corrected chi connectivity index (χ2v) is 6.05. The molecule has 1 saturated heterocycles. The van der Waals surface area contributed by atoms with E-state index >= 15 is 0 Å². The van der Waals surface area contributed by atoms with Crippen molar-refractivity contribution in [2.75, 3.05) is 18.1 Å². The third-order valence-electron chi connectivity index (χ3n) is 2.75. The van der Waals surface area contributed by atoms with Gasteiger partial charge in [-0.05, 0) is 24.2 Å². The van der Waals surface area contributed by atoms with E-state index in [-0.39, 0.29) is 12.0 Å². The van der Waals surface area contributed by atoms with Gasteiger partial charge in [0, 0.05) is 6.61 Å². The fourth-order valence-corrected chi connectivity index (χ4v) is 4.67. The molecule has 0 amide bonds. The third-order valence-corrected chi connectivity index (χ3v) is 4.86. The maximum absolute atomic E-state index is 10.8. The molecule has 2 aliphatic rings. The fourth-order valence-electron chi connectivity index (χ4n) is 2.42. The van der Waals surface area contributed by atoms with Crippen LogP contribution in [0.5, 0.6) is 0 Å². The molecule has 1 aliphatic heterocycles. The highest BCUT2D eigenvalue weighted by molar-refractivity contribution is 7.92. The van der Waals surface area contributed by atoms with Gasteiger partial charge in [-0.25, -0.2) is 8.42 Å². The third kappa shape index (κ3) is 1.08. The molecule has 0 atom stereocenters. The molecule has 1 heterocycles. The first-order chi connectivity index (χ1) is 5.05. The first-order valence-electron chi connectivity index (χ1n) is 3.87. The Morgan fingerprint density at radius 1 is 1.36 bits per heavy atom. The van der Waals surface area contributed by atoms with E-state index in [1.807, 2.05) is 0 Å². The molecule has 4 heteroatoms. The van der Waals surface area contributed by atoms with E-state index in [1.165, 1.54) is 0 Å². The average molecular weight is 176 g/mol. The maximum atomic E-state index is 10.8. The highest BCUT2D eigenvalue weighted by Gasteiger charge is 2.55. The molecular weight excluding hydrogens is 164 g/mol. The molecule has 3 nitrogen and oxygen atoms in total. The van der Waals surface area contributed by atoms with Gasteiger partial charge in [0.2, 0.25) is 0 Å². The van der Waals surface area contributed by atoms with Crippen LogP contribution >= 0.6 is 0 Å². The van der Waals surface area contributed by atoms with Crippen LogP contribution < -0.4 is 0 Å². The summed E-state index contributed by atoms with van der Waals surface area (Å²) in [5, 5.41) is 8.72. The molecule has 1 N–H and O–H groups in total. The lowest BCUT2D eigenvalue weighted by Crippen LogP contribution is -2.56. The van der Waals surface area contributed by atoms with Crippen LogP contribution in [0.1, 0.15) is 12.8 Å². The summed E-state index contributed by atoms with van der Waals surface area (Å²) in [6, 6.07) is 0. The molecule has 2 fully saturated rings. The zero-order valence-corrected chi connectivity index (χ0v) is 7.10. The molecule has 0 aromatic heterocycles. The minimum Gasteiger partial charge on any atom is -0.396 e. The number of rotatable bonds is 1. The highest BCUT2D eigenvalue weighted by atomic mass is 32.2. The number of aliphatic hydroxyl groups excluding tert-OH is 1. The van der Waals surface area contributed by atoms with Crippen molar-refractivity contribution < 1.29 is 13.5 Å². The Hall–Kier alpha value is -0.0900. The molecule has 0 bridgehead atoms. The van der Waals surface area contributed by atoms with E-state index in [2.05, 4.69) is 0 Å². The first-order valence-corrected chi connectivity index (χ1v) is 5.69. The lowest BCUT2D eigenvalue weighted by Gasteiger charge is -2.52. The molecule has 0 aromatic carbocycles. The summed E-state index contributed by atoms with van der Waals surface area (Å²) in [6.07, 6.45) is 1.84. The molecule has 0 aromatic rings. The summed E-state index contributed by atoms with van der Waals surface area (Å²) < 4.78 is 21.7. The zero-order chi connectivity index (χ0) is 8.11. The van der Waals surface area contributed by atoms with E-state index < -0.39 is 9.84 Å². The Labute approximate surface area is 66.3 Å². The van der Waals surface area contributed by atoms with Crippen molar-refractivity contribution in [3.8, 4) is 0 Å². The lowest BCUT2D eigenvalue weighted by atomic mass is 9.64. The standard InChI is InChI=1S/C7H12O3S/c8-3-6-1-7(2-6)4-11(9,10)5-7/h6,8H,1-5H2. The average Bonchev–Trinajstić information content (AvgIpc) is 1.75. The van der Waals surface area contributed by atoms with Crippen molar-refractivity contribution in [1.29, 1.82) is 0 Å². The van der Waals surface area contributed by atoms with Gasteiger partial charge >= 0.3 is 0 Å². The maximum Gasteiger partial charge on any atom is 0.151 e.